The number of benzene rings is 1. The van der Waals surface area contributed by atoms with Crippen LogP contribution in [0.4, 0.5) is 0 Å². The van der Waals surface area contributed by atoms with Crippen LogP contribution in [-0.4, -0.2) is 86.2 Å². The minimum absolute atomic E-state index is 0.503. The van der Waals surface area contributed by atoms with Gasteiger partial charge in [0.25, 0.3) is 10.2 Å². The highest BCUT2D eigenvalue weighted by atomic mass is 32.2. The van der Waals surface area contributed by atoms with Gasteiger partial charge in [-0.2, -0.15) is 22.3 Å². The van der Waals surface area contributed by atoms with Crippen molar-refractivity contribution >= 4 is 10.2 Å². The fourth-order valence-corrected chi connectivity index (χ4v) is 4.88. The molecule has 2 fully saturated rings. The summed E-state index contributed by atoms with van der Waals surface area (Å²) in [5.74, 6) is 0. The molecule has 0 aromatic heterocycles. The van der Waals surface area contributed by atoms with Crippen molar-refractivity contribution < 1.29 is 8.42 Å². The Labute approximate surface area is 150 Å². The van der Waals surface area contributed by atoms with E-state index in [1.54, 1.807) is 8.61 Å². The fourth-order valence-electron chi connectivity index (χ4n) is 3.31. The third-order valence-corrected chi connectivity index (χ3v) is 7.01. The number of hydrogen-bond acceptors (Lipinski definition) is 5. The van der Waals surface area contributed by atoms with Crippen molar-refractivity contribution in [1.82, 2.24) is 18.4 Å². The molecule has 0 atom stereocenters. The molecule has 0 saturated carbocycles. The van der Waals surface area contributed by atoms with Crippen LogP contribution in [0.1, 0.15) is 11.1 Å². The van der Waals surface area contributed by atoms with Gasteiger partial charge in [-0.25, -0.2) is 0 Å². The average molecular weight is 363 g/mol. The quantitative estimate of drug-likeness (QED) is 0.763. The van der Waals surface area contributed by atoms with Gasteiger partial charge in [0.2, 0.25) is 0 Å². The van der Waals surface area contributed by atoms with Gasteiger partial charge in [0.05, 0.1) is 11.6 Å². The predicted octanol–water partition coefficient (Wildman–Crippen LogP) is 0.168. The summed E-state index contributed by atoms with van der Waals surface area (Å²) in [6.07, 6.45) is 0. The maximum Gasteiger partial charge on any atom is 0.282 e. The molecule has 3 rings (SSSR count). The first kappa shape index (κ1) is 18.3. The molecule has 0 radical (unpaired) electrons. The molecule has 1 aromatic rings. The highest BCUT2D eigenvalue weighted by molar-refractivity contribution is 7.86. The molecule has 0 unspecified atom stereocenters. The molecule has 2 aliphatic heterocycles. The van der Waals surface area contributed by atoms with E-state index in [1.807, 2.05) is 31.3 Å². The average Bonchev–Trinajstić information content (AvgIpc) is 2.63. The topological polar surface area (TPSA) is 70.9 Å². The minimum atomic E-state index is -3.36. The van der Waals surface area contributed by atoms with Crippen molar-refractivity contribution in [1.29, 1.82) is 5.26 Å². The maximum absolute atomic E-state index is 12.8. The van der Waals surface area contributed by atoms with Gasteiger partial charge >= 0.3 is 0 Å². The van der Waals surface area contributed by atoms with E-state index in [0.717, 1.165) is 18.7 Å². The molecule has 0 bridgehead atoms. The van der Waals surface area contributed by atoms with E-state index < -0.39 is 10.2 Å². The minimum Gasteiger partial charge on any atom is -0.304 e. The number of rotatable bonds is 4. The Morgan fingerprint density at radius 3 is 2.12 bits per heavy atom. The first-order chi connectivity index (χ1) is 12.0. The fraction of sp³-hybridized carbons (Fsp3) is 0.588. The molecule has 0 N–H and O–H groups in total. The lowest BCUT2D eigenvalue weighted by molar-refractivity contribution is 0.165. The second-order valence-corrected chi connectivity index (χ2v) is 8.58. The highest BCUT2D eigenvalue weighted by Crippen LogP contribution is 2.17. The van der Waals surface area contributed by atoms with E-state index in [4.69, 9.17) is 0 Å². The standard InChI is InChI=1S/C17H25N5O2S/c1-19-6-10-21(11-7-19)25(23,24)22-12-8-20(9-13-22)15-17-5-3-2-4-16(17)14-18/h2-5H,6-13,15H2,1H3. The van der Waals surface area contributed by atoms with Crippen LogP contribution in [0.5, 0.6) is 0 Å². The van der Waals surface area contributed by atoms with E-state index in [-0.39, 0.29) is 0 Å². The van der Waals surface area contributed by atoms with Crippen molar-refractivity contribution in [3.8, 4) is 6.07 Å². The Kier molecular flexibility index (Phi) is 5.71. The van der Waals surface area contributed by atoms with Gasteiger partial charge in [-0.1, -0.05) is 18.2 Å². The second-order valence-electron chi connectivity index (χ2n) is 6.65. The van der Waals surface area contributed by atoms with Crippen LogP contribution < -0.4 is 0 Å². The molecule has 136 valence electrons. The summed E-state index contributed by atoms with van der Waals surface area (Å²) in [6, 6.07) is 9.81. The van der Waals surface area contributed by atoms with Gasteiger partial charge in [-0.15, -0.1) is 0 Å². The van der Waals surface area contributed by atoms with Gasteiger partial charge in [0, 0.05) is 58.9 Å². The predicted molar refractivity (Wildman–Crippen MR) is 96.0 cm³/mol. The Bertz CT molecular complexity index is 730. The Morgan fingerprint density at radius 1 is 0.960 bits per heavy atom. The maximum atomic E-state index is 12.8. The number of likely N-dealkylation sites (N-methyl/N-ethyl adjacent to an activating group) is 1. The van der Waals surface area contributed by atoms with E-state index in [2.05, 4.69) is 15.9 Å². The summed E-state index contributed by atoms with van der Waals surface area (Å²) in [7, 11) is -1.34. The molecule has 0 amide bonds. The molecule has 2 heterocycles. The van der Waals surface area contributed by atoms with Crippen LogP contribution in [-0.2, 0) is 16.8 Å². The van der Waals surface area contributed by atoms with Gasteiger partial charge in [0.15, 0.2) is 0 Å². The molecule has 8 heteroatoms. The number of hydrogen-bond donors (Lipinski definition) is 0. The Morgan fingerprint density at radius 2 is 1.52 bits per heavy atom. The van der Waals surface area contributed by atoms with E-state index in [1.165, 1.54) is 0 Å². The molecule has 25 heavy (non-hydrogen) atoms. The van der Waals surface area contributed by atoms with Gasteiger partial charge in [-0.3, -0.25) is 4.90 Å². The lowest BCUT2D eigenvalue weighted by Gasteiger charge is -2.39. The number of nitriles is 1. The van der Waals surface area contributed by atoms with Crippen LogP contribution in [0.3, 0.4) is 0 Å². The zero-order chi connectivity index (χ0) is 17.9. The largest absolute Gasteiger partial charge is 0.304 e. The van der Waals surface area contributed by atoms with E-state index in [0.29, 0.717) is 51.4 Å². The summed E-state index contributed by atoms with van der Waals surface area (Å²) in [4.78, 5) is 4.36. The lowest BCUT2D eigenvalue weighted by atomic mass is 10.1. The van der Waals surface area contributed by atoms with Crippen LogP contribution in [0, 0.1) is 11.3 Å². The van der Waals surface area contributed by atoms with Gasteiger partial charge in [0.1, 0.15) is 0 Å². The molecule has 1 aromatic carbocycles. The smallest absolute Gasteiger partial charge is 0.282 e. The third-order valence-electron chi connectivity index (χ3n) is 4.98. The monoisotopic (exact) mass is 363 g/mol. The zero-order valence-corrected chi connectivity index (χ0v) is 15.5. The highest BCUT2D eigenvalue weighted by Gasteiger charge is 2.33. The number of piperazine rings is 2. The van der Waals surface area contributed by atoms with Gasteiger partial charge < -0.3 is 4.90 Å². The summed E-state index contributed by atoms with van der Waals surface area (Å²) >= 11 is 0. The first-order valence-electron chi connectivity index (χ1n) is 8.65. The van der Waals surface area contributed by atoms with E-state index >= 15 is 0 Å². The zero-order valence-electron chi connectivity index (χ0n) is 14.6. The number of nitrogens with zero attached hydrogens (tertiary/aromatic N) is 5. The summed E-state index contributed by atoms with van der Waals surface area (Å²) < 4.78 is 28.8. The van der Waals surface area contributed by atoms with Crippen LogP contribution in [0.25, 0.3) is 0 Å². The van der Waals surface area contributed by atoms with Gasteiger partial charge in [-0.05, 0) is 18.7 Å². The third kappa shape index (κ3) is 4.19. The lowest BCUT2D eigenvalue weighted by Crippen LogP contribution is -2.56. The summed E-state index contributed by atoms with van der Waals surface area (Å²) in [6.45, 7) is 5.76. The Balaban J connectivity index is 1.57. The SMILES string of the molecule is CN1CCN(S(=O)(=O)N2CCN(Cc3ccccc3C#N)CC2)CC1. The van der Waals surface area contributed by atoms with Crippen LogP contribution in [0.15, 0.2) is 24.3 Å². The van der Waals surface area contributed by atoms with Crippen molar-refractivity contribution in [3.63, 3.8) is 0 Å². The molecule has 2 aliphatic rings. The molecular formula is C17H25N5O2S. The molecule has 0 spiro atoms. The summed E-state index contributed by atoms with van der Waals surface area (Å²) in [5, 5.41) is 9.19. The molecule has 7 nitrogen and oxygen atoms in total. The molecular weight excluding hydrogens is 338 g/mol. The van der Waals surface area contributed by atoms with Crippen molar-refractivity contribution in [2.75, 3.05) is 59.4 Å². The first-order valence-corrected chi connectivity index (χ1v) is 10.0. The molecule has 0 aliphatic carbocycles. The van der Waals surface area contributed by atoms with E-state index in [9.17, 15) is 13.7 Å². The normalized spacial score (nSPS) is 21.9. The van der Waals surface area contributed by atoms with Crippen molar-refractivity contribution in [2.45, 2.75) is 6.54 Å². The Hall–Kier alpha value is -1.50. The summed E-state index contributed by atoms with van der Waals surface area (Å²) in [5.41, 5.74) is 1.69. The second kappa shape index (κ2) is 7.81. The van der Waals surface area contributed by atoms with Crippen molar-refractivity contribution in [2.24, 2.45) is 0 Å². The van der Waals surface area contributed by atoms with Crippen molar-refractivity contribution in [3.05, 3.63) is 35.4 Å². The van der Waals surface area contributed by atoms with Crippen LogP contribution >= 0.6 is 0 Å². The van der Waals surface area contributed by atoms with Crippen LogP contribution in [0.2, 0.25) is 0 Å². The molecule has 2 saturated heterocycles.